The lowest BCUT2D eigenvalue weighted by molar-refractivity contribution is -0.411. The van der Waals surface area contributed by atoms with Crippen LogP contribution in [0.25, 0.3) is 0 Å². The van der Waals surface area contributed by atoms with E-state index in [1.54, 1.807) is 0 Å². The second kappa shape index (κ2) is 54.8. The Balaban J connectivity index is 1.02. The summed E-state index contributed by atoms with van der Waals surface area (Å²) >= 11 is 0. The molecule has 11 fully saturated rings. The van der Waals surface area contributed by atoms with Crippen LogP contribution in [0, 0.1) is 0 Å². The van der Waals surface area contributed by atoms with Crippen LogP contribution in [0.15, 0.2) is 0 Å². The maximum atomic E-state index is 13.7. The number of carbonyl (C=O) groups is 6. The second-order valence-corrected chi connectivity index (χ2v) is 37.8. The number of rotatable bonds is 42. The van der Waals surface area contributed by atoms with Gasteiger partial charge in [0, 0.05) is 41.5 Å². The van der Waals surface area contributed by atoms with Crippen molar-refractivity contribution in [3.8, 4) is 0 Å². The van der Waals surface area contributed by atoms with Crippen LogP contribution in [0.3, 0.4) is 0 Å². The third-order valence-corrected chi connectivity index (χ3v) is 27.1. The van der Waals surface area contributed by atoms with Gasteiger partial charge in [0.15, 0.2) is 69.2 Å². The molecule has 0 unspecified atom stereocenters. The Hall–Kier alpha value is -5.30. The first-order valence-corrected chi connectivity index (χ1v) is 47.8. The summed E-state index contributed by atoms with van der Waals surface area (Å²) in [5.41, 5.74) is 0. The molecular weight excluding hydrogens is 2040 g/mol. The molecule has 37 N–H and O–H groups in total. The van der Waals surface area contributed by atoms with Crippen molar-refractivity contribution in [2.45, 2.75) is 417 Å². The van der Waals surface area contributed by atoms with Crippen molar-refractivity contribution in [2.24, 2.45) is 0 Å². The molecule has 862 valence electrons. The van der Waals surface area contributed by atoms with E-state index in [-0.39, 0.29) is 0 Å². The van der Waals surface area contributed by atoms with Gasteiger partial charge in [0.05, 0.1) is 90.9 Å². The number of ether oxygens (including phenoxy) is 22. The molecule has 0 bridgehead atoms. The lowest BCUT2D eigenvalue weighted by atomic mass is 9.93. The van der Waals surface area contributed by atoms with Crippen LogP contribution in [0.5, 0.6) is 0 Å². The van der Waals surface area contributed by atoms with Gasteiger partial charge in [0.2, 0.25) is 35.4 Å². The molecule has 0 radical (unpaired) electrons. The van der Waals surface area contributed by atoms with Gasteiger partial charge in [-0.05, 0) is 13.8 Å². The van der Waals surface area contributed by atoms with Crippen molar-refractivity contribution >= 4 is 35.4 Å². The first kappa shape index (κ1) is 124. The maximum absolute atomic E-state index is 13.7. The van der Waals surface area contributed by atoms with Crippen molar-refractivity contribution in [1.29, 1.82) is 0 Å². The second-order valence-electron chi connectivity index (χ2n) is 37.8. The molecule has 0 aromatic carbocycles. The van der Waals surface area contributed by atoms with Crippen LogP contribution >= 0.6 is 0 Å². The van der Waals surface area contributed by atoms with Gasteiger partial charge in [-0.1, -0.05) is 0 Å². The smallest absolute Gasteiger partial charge is 0.217 e. The fraction of sp³-hybridized carbons (Fsp3) is 0.929. The highest BCUT2D eigenvalue weighted by Crippen LogP contribution is 2.43. The van der Waals surface area contributed by atoms with Gasteiger partial charge in [-0.25, -0.2) is 0 Å². The highest BCUT2D eigenvalue weighted by atomic mass is 16.8. The molecule has 59 atom stereocenters. The molecular formula is C84H142N6O59. The molecule has 149 heavy (non-hydrogen) atoms. The average molecular weight is 2180 g/mol. The monoisotopic (exact) mass is 2180 g/mol. The van der Waals surface area contributed by atoms with Crippen LogP contribution in [0.1, 0.15) is 55.4 Å². The number of nitrogens with one attached hydrogen (secondary N) is 6. The maximum Gasteiger partial charge on any atom is 0.217 e. The van der Waals surface area contributed by atoms with E-state index in [0.29, 0.717) is 0 Å². The van der Waals surface area contributed by atoms with E-state index in [1.165, 1.54) is 13.8 Å². The van der Waals surface area contributed by atoms with E-state index in [9.17, 15) is 187 Å². The van der Waals surface area contributed by atoms with E-state index in [1.807, 2.05) is 0 Å². The zero-order chi connectivity index (χ0) is 110. The van der Waals surface area contributed by atoms with Crippen molar-refractivity contribution < 1.29 is 291 Å². The molecule has 11 aliphatic heterocycles. The topological polar surface area (TPSA) is 1000 Å². The summed E-state index contributed by atoms with van der Waals surface area (Å²) in [6, 6.07) is -12.2. The largest absolute Gasteiger partial charge is 0.394 e. The molecule has 0 saturated carbocycles. The van der Waals surface area contributed by atoms with Gasteiger partial charge in [-0.3, -0.25) is 28.8 Å². The fourth-order valence-corrected chi connectivity index (χ4v) is 19.1. The van der Waals surface area contributed by atoms with Crippen LogP contribution in [0.2, 0.25) is 0 Å². The Labute approximate surface area is 845 Å². The Bertz CT molecular complexity index is 4170. The van der Waals surface area contributed by atoms with E-state index in [0.717, 1.165) is 41.5 Å². The molecule has 0 aromatic heterocycles. The summed E-state index contributed by atoms with van der Waals surface area (Å²) < 4.78 is 136. The molecule has 11 saturated heterocycles. The van der Waals surface area contributed by atoms with Gasteiger partial charge in [0.1, 0.15) is 274 Å². The molecule has 65 nitrogen and oxygen atoms in total. The highest BCUT2D eigenvalue weighted by Gasteiger charge is 2.64. The SMILES string of the molecule is CC(=O)N[C@H]1[C@H](O[C@@H]([C@H](O)[C@H](CO)NC(C)=O)[C@H](O)CO[C@@H]2O[C@@H](C)[C@@H](O)[C@@H](O)[C@@H]2O)O[C@H](CO)[C@@H](O[C@@H]2O[C@H](CO[C@H]3O[C@H](CO)[C@@H](O)[C@H](O)[C@@H]3O[C@@H]3O[C@H](CO)[C@@H](O)[C@H](O)[C@H]3NC(C)=O)[C@@H](O[C@@H]3O[C@H](CO)[C@@H](O)[C@H](O)[C@H]3NC(C)=O)[C@H](O[C@H]3O[C@H](CO)[C@@H](O)[C@H](O)[C@@H]3O[C@@H]3O[C@H](CO)[C@@H](O[C@@H]4O[C@H](CO)[C@H](O)[C@H](O[C@H]5O[C@H](CO)[C@H](O)[C@H](O)[C@H]5NC(C)=O)[C@H]4O[C@@H]4O[C@@H](C)[C@@H](O)[C@@H](O)[C@@H]4O)[C@H](O)[C@H]3NC(C)=O)[C@@H]2O)[C@@H]1O. The number of hydrogen-bond donors (Lipinski definition) is 37. The minimum Gasteiger partial charge on any atom is -0.394 e. The van der Waals surface area contributed by atoms with Crippen molar-refractivity contribution in [1.82, 2.24) is 31.9 Å². The highest BCUT2D eigenvalue weighted by molar-refractivity contribution is 5.75. The van der Waals surface area contributed by atoms with E-state index < -0.39 is 470 Å². The predicted octanol–water partition coefficient (Wildman–Crippen LogP) is -24.6. The van der Waals surface area contributed by atoms with E-state index in [2.05, 4.69) is 31.9 Å². The van der Waals surface area contributed by atoms with Crippen molar-refractivity contribution in [3.63, 3.8) is 0 Å². The third kappa shape index (κ3) is 28.5. The van der Waals surface area contributed by atoms with Crippen LogP contribution < -0.4 is 31.9 Å². The van der Waals surface area contributed by atoms with Gasteiger partial charge in [-0.2, -0.15) is 0 Å². The summed E-state index contributed by atoms with van der Waals surface area (Å²) in [5.74, 6) is -6.05. The summed E-state index contributed by atoms with van der Waals surface area (Å²) in [6.07, 6.45) is -118. The fourth-order valence-electron chi connectivity index (χ4n) is 19.1. The quantitative estimate of drug-likeness (QED) is 0.0270. The first-order chi connectivity index (χ1) is 70.4. The normalized spacial score (nSPS) is 46.8. The van der Waals surface area contributed by atoms with Crippen molar-refractivity contribution in [3.05, 3.63) is 0 Å². The van der Waals surface area contributed by atoms with Gasteiger partial charge in [-0.15, -0.1) is 0 Å². The minimum absolute atomic E-state index is 0.834. The average Bonchev–Trinajstić information content (AvgIpc) is 0.756. The Morgan fingerprint density at radius 1 is 0.248 bits per heavy atom. The molecule has 0 spiro atoms. The Kier molecular flexibility index (Phi) is 45.5. The Morgan fingerprint density at radius 3 is 0.940 bits per heavy atom. The molecule has 6 amide bonds. The molecule has 11 rings (SSSR count). The molecule has 0 aromatic rings. The molecule has 0 aliphatic carbocycles. The standard InChI is InChI=1S/C84H142N6O59/c1-20-44(107)58(121)62(125)79(130-20)128-18-29(106)65(46(109)28(9-91)85-22(3)100)141-77-42(89-26(7)104)56(119)66(36(16-98)138-77)142-81-64(127)70(68(144-74-39(86-23(4)101)53(116)47(110)30(10-92)132-74)38(140-81)19-129-82-71(60(123)50(113)33(13-95)135-82)147-76-41(88-25(6)103)55(118)49(112)32(12-94)134-76)146-83-72(61(124)51(114)34(14-96)136-83)148-78-43(90-27(8)105)57(120)67(37(17-99)139-78)143-84-73(149-80-63(126)59(122)45(108)21(2)131-80)69(52(115)35(15-97)137-84)145-75-40(87-24(5)102)54(117)48(111)31(11-93)133-75/h20-21,28-84,91-99,106-127H,9-19H2,1-8H3,(H,85,100)(H,86,101)(H,87,102)(H,88,103)(H,89,104)(H,90,105)/t20-,21-,28-,29+,30+,31+,32+,33+,34+,35+,36+,37+,38+,39+,40+,41+,42+,43+,44+,45+,46+,47+,48-,49+,50+,51+,52-,53+,54+,55+,56+,57+,58+,59+,60-,61-,62-,63-,64-,65+,66+,67+,68+,69-,70+,71-,72-,73+,74-,75+,76-,77-,78-,79+,80-,81-,82-,83+,84-/m0/s1. The van der Waals surface area contributed by atoms with Crippen molar-refractivity contribution in [2.75, 3.05) is 72.7 Å². The summed E-state index contributed by atoms with van der Waals surface area (Å²) in [4.78, 5) is 78.7. The number of amides is 6. The molecule has 11 heterocycles. The number of hydrogen-bond acceptors (Lipinski definition) is 59. The summed E-state index contributed by atoms with van der Waals surface area (Å²) in [5, 5.41) is 369. The zero-order valence-corrected chi connectivity index (χ0v) is 81.1. The van der Waals surface area contributed by atoms with E-state index in [4.69, 9.17) is 104 Å². The minimum atomic E-state index is -2.89. The van der Waals surface area contributed by atoms with Gasteiger partial charge < -0.3 is 294 Å². The number of aliphatic hydroxyl groups excluding tert-OH is 31. The lowest BCUT2D eigenvalue weighted by Gasteiger charge is -2.52. The van der Waals surface area contributed by atoms with Gasteiger partial charge in [0.25, 0.3) is 0 Å². The van der Waals surface area contributed by atoms with E-state index >= 15 is 0 Å². The molecule has 65 heteroatoms. The van der Waals surface area contributed by atoms with Crippen LogP contribution in [-0.2, 0) is 133 Å². The number of aliphatic hydroxyl groups is 31. The predicted molar refractivity (Wildman–Crippen MR) is 464 cm³/mol. The zero-order valence-electron chi connectivity index (χ0n) is 81.1. The summed E-state index contributed by atoms with van der Waals surface area (Å²) in [6.45, 7) is -5.85. The first-order valence-electron chi connectivity index (χ1n) is 47.8. The summed E-state index contributed by atoms with van der Waals surface area (Å²) in [7, 11) is 0. The number of carbonyl (C=O) groups excluding carboxylic acids is 6. The lowest BCUT2D eigenvalue weighted by Crippen LogP contribution is -2.71. The van der Waals surface area contributed by atoms with Crippen LogP contribution in [0.4, 0.5) is 0 Å². The van der Waals surface area contributed by atoms with Crippen LogP contribution in [-0.4, -0.2) is 628 Å². The molecule has 11 aliphatic rings. The Morgan fingerprint density at radius 2 is 0.537 bits per heavy atom. The third-order valence-electron chi connectivity index (χ3n) is 27.1. The van der Waals surface area contributed by atoms with Gasteiger partial charge >= 0.3 is 0 Å².